The number of nitrogens with zero attached hydrogens (tertiary/aromatic N) is 1. The van der Waals surface area contributed by atoms with Crippen LogP contribution in [-0.2, 0) is 0 Å². The van der Waals surface area contributed by atoms with Crippen LogP contribution in [0.4, 0.5) is 0 Å². The molecule has 1 aliphatic carbocycles. The monoisotopic (exact) mass is 268 g/mol. The quantitative estimate of drug-likeness (QED) is 0.861. The van der Waals surface area contributed by atoms with Crippen molar-refractivity contribution >= 4 is 10.8 Å². The normalized spacial score (nSPS) is 16.8. The summed E-state index contributed by atoms with van der Waals surface area (Å²) in [4.78, 5) is 2.47. The van der Waals surface area contributed by atoms with Gasteiger partial charge in [-0.25, -0.2) is 0 Å². The van der Waals surface area contributed by atoms with Crippen LogP contribution in [0.15, 0.2) is 42.5 Å². The van der Waals surface area contributed by atoms with Gasteiger partial charge in [0.05, 0.1) is 0 Å². The maximum Gasteiger partial charge on any atom is 0.0292 e. The Kier molecular flexibility index (Phi) is 4.04. The molecule has 2 aromatic carbocycles. The third-order valence-corrected chi connectivity index (χ3v) is 4.36. The van der Waals surface area contributed by atoms with E-state index in [9.17, 15) is 0 Å². The van der Waals surface area contributed by atoms with Crippen LogP contribution in [0.2, 0.25) is 0 Å². The fraction of sp³-hybridized carbons (Fsp3) is 0.444. The third-order valence-electron chi connectivity index (χ3n) is 4.36. The standard InChI is InChI=1S/C18H24N2/c1-14(19-11-12-20(2)18-9-10-18)16-8-7-15-5-3-4-6-17(15)13-16/h3-8,13-14,18-19H,9-12H2,1-2H3. The first-order valence-corrected chi connectivity index (χ1v) is 7.66. The summed E-state index contributed by atoms with van der Waals surface area (Å²) in [6.07, 6.45) is 2.77. The summed E-state index contributed by atoms with van der Waals surface area (Å²) in [5.41, 5.74) is 1.37. The minimum atomic E-state index is 0.409. The highest BCUT2D eigenvalue weighted by molar-refractivity contribution is 5.83. The van der Waals surface area contributed by atoms with Gasteiger partial charge in [-0.05, 0) is 49.2 Å². The lowest BCUT2D eigenvalue weighted by Gasteiger charge is -2.19. The lowest BCUT2D eigenvalue weighted by atomic mass is 10.0. The topological polar surface area (TPSA) is 15.3 Å². The van der Waals surface area contributed by atoms with Gasteiger partial charge in [0, 0.05) is 25.2 Å². The van der Waals surface area contributed by atoms with Crippen molar-refractivity contribution in [1.29, 1.82) is 0 Å². The molecule has 3 rings (SSSR count). The van der Waals surface area contributed by atoms with Gasteiger partial charge in [0.1, 0.15) is 0 Å². The maximum absolute atomic E-state index is 3.64. The second kappa shape index (κ2) is 5.94. The molecule has 1 unspecified atom stereocenters. The van der Waals surface area contributed by atoms with Crippen molar-refractivity contribution in [3.63, 3.8) is 0 Å². The molecular formula is C18H24N2. The molecule has 1 saturated carbocycles. The minimum absolute atomic E-state index is 0.409. The second-order valence-corrected chi connectivity index (χ2v) is 5.99. The fourth-order valence-corrected chi connectivity index (χ4v) is 2.75. The van der Waals surface area contributed by atoms with Crippen LogP contribution in [0.1, 0.15) is 31.4 Å². The van der Waals surface area contributed by atoms with Crippen LogP contribution in [0, 0.1) is 0 Å². The SMILES string of the molecule is CC(NCCN(C)C1CC1)c1ccc2ccccc2c1. The predicted molar refractivity (Wildman–Crippen MR) is 86.0 cm³/mol. The molecule has 0 bridgehead atoms. The van der Waals surface area contributed by atoms with Crippen LogP contribution >= 0.6 is 0 Å². The molecule has 0 aliphatic heterocycles. The number of hydrogen-bond donors (Lipinski definition) is 1. The first-order chi connectivity index (χ1) is 9.74. The lowest BCUT2D eigenvalue weighted by molar-refractivity contribution is 0.316. The first kappa shape index (κ1) is 13.6. The van der Waals surface area contributed by atoms with Crippen molar-refractivity contribution in [1.82, 2.24) is 10.2 Å². The van der Waals surface area contributed by atoms with Crippen molar-refractivity contribution in [2.75, 3.05) is 20.1 Å². The summed E-state index contributed by atoms with van der Waals surface area (Å²) in [7, 11) is 2.24. The molecule has 20 heavy (non-hydrogen) atoms. The molecule has 2 aromatic rings. The molecule has 1 aliphatic rings. The van der Waals surface area contributed by atoms with E-state index in [0.717, 1.165) is 19.1 Å². The fourth-order valence-electron chi connectivity index (χ4n) is 2.75. The zero-order valence-electron chi connectivity index (χ0n) is 12.5. The highest BCUT2D eigenvalue weighted by Gasteiger charge is 2.25. The second-order valence-electron chi connectivity index (χ2n) is 5.99. The molecule has 1 N–H and O–H groups in total. The van der Waals surface area contributed by atoms with Gasteiger partial charge in [-0.2, -0.15) is 0 Å². The summed E-state index contributed by atoms with van der Waals surface area (Å²) in [6, 6.07) is 16.6. The molecule has 2 nitrogen and oxygen atoms in total. The molecule has 0 spiro atoms. The van der Waals surface area contributed by atoms with E-state index in [1.807, 2.05) is 0 Å². The molecule has 2 heteroatoms. The zero-order valence-corrected chi connectivity index (χ0v) is 12.5. The van der Waals surface area contributed by atoms with E-state index >= 15 is 0 Å². The van der Waals surface area contributed by atoms with E-state index in [1.165, 1.54) is 29.2 Å². The Morgan fingerprint density at radius 1 is 1.15 bits per heavy atom. The summed E-state index contributed by atoms with van der Waals surface area (Å²) in [6.45, 7) is 4.45. The molecule has 0 radical (unpaired) electrons. The Morgan fingerprint density at radius 3 is 2.65 bits per heavy atom. The smallest absolute Gasteiger partial charge is 0.0292 e. The first-order valence-electron chi connectivity index (χ1n) is 7.66. The van der Waals surface area contributed by atoms with Crippen LogP contribution in [0.25, 0.3) is 10.8 Å². The molecule has 0 aromatic heterocycles. The van der Waals surface area contributed by atoms with Gasteiger partial charge in [-0.3, -0.25) is 0 Å². The van der Waals surface area contributed by atoms with Crippen molar-refractivity contribution in [3.8, 4) is 0 Å². The van der Waals surface area contributed by atoms with E-state index < -0.39 is 0 Å². The van der Waals surface area contributed by atoms with E-state index in [-0.39, 0.29) is 0 Å². The minimum Gasteiger partial charge on any atom is -0.309 e. The average molecular weight is 268 g/mol. The highest BCUT2D eigenvalue weighted by atomic mass is 15.2. The van der Waals surface area contributed by atoms with Crippen LogP contribution in [-0.4, -0.2) is 31.1 Å². The van der Waals surface area contributed by atoms with Gasteiger partial charge in [0.25, 0.3) is 0 Å². The molecule has 0 heterocycles. The van der Waals surface area contributed by atoms with Gasteiger partial charge in [0.15, 0.2) is 0 Å². The number of likely N-dealkylation sites (N-methyl/N-ethyl adjacent to an activating group) is 1. The predicted octanol–water partition coefficient (Wildman–Crippen LogP) is 3.58. The average Bonchev–Trinajstić information content (AvgIpc) is 3.31. The van der Waals surface area contributed by atoms with E-state index in [0.29, 0.717) is 6.04 Å². The van der Waals surface area contributed by atoms with Crippen LogP contribution in [0.5, 0.6) is 0 Å². The molecular weight excluding hydrogens is 244 g/mol. The van der Waals surface area contributed by atoms with E-state index in [1.54, 1.807) is 0 Å². The number of hydrogen-bond acceptors (Lipinski definition) is 2. The zero-order chi connectivity index (χ0) is 13.9. The Hall–Kier alpha value is -1.38. The Morgan fingerprint density at radius 2 is 1.90 bits per heavy atom. The Bertz CT molecular complexity index is 574. The highest BCUT2D eigenvalue weighted by Crippen LogP contribution is 2.25. The van der Waals surface area contributed by atoms with Gasteiger partial charge < -0.3 is 10.2 Å². The third kappa shape index (κ3) is 3.20. The molecule has 0 saturated heterocycles. The number of benzene rings is 2. The van der Waals surface area contributed by atoms with E-state index in [2.05, 4.69) is 66.7 Å². The van der Waals surface area contributed by atoms with E-state index in [4.69, 9.17) is 0 Å². The Labute approximate surface area is 121 Å². The summed E-state index contributed by atoms with van der Waals surface area (Å²) in [5, 5.41) is 6.28. The van der Waals surface area contributed by atoms with Crippen molar-refractivity contribution in [2.24, 2.45) is 0 Å². The molecule has 1 fully saturated rings. The van der Waals surface area contributed by atoms with Gasteiger partial charge in [-0.15, -0.1) is 0 Å². The summed E-state index contributed by atoms with van der Waals surface area (Å²) < 4.78 is 0. The van der Waals surface area contributed by atoms with Crippen LogP contribution in [0.3, 0.4) is 0 Å². The van der Waals surface area contributed by atoms with Crippen LogP contribution < -0.4 is 5.32 Å². The number of fused-ring (bicyclic) bond motifs is 1. The van der Waals surface area contributed by atoms with Crippen molar-refractivity contribution in [3.05, 3.63) is 48.0 Å². The summed E-state index contributed by atoms with van der Waals surface area (Å²) in [5.74, 6) is 0. The van der Waals surface area contributed by atoms with Gasteiger partial charge >= 0.3 is 0 Å². The molecule has 1 atom stereocenters. The number of nitrogens with one attached hydrogen (secondary N) is 1. The molecule has 0 amide bonds. The largest absolute Gasteiger partial charge is 0.309 e. The molecule has 106 valence electrons. The lowest BCUT2D eigenvalue weighted by Crippen LogP contribution is -2.31. The maximum atomic E-state index is 3.64. The number of rotatable bonds is 6. The van der Waals surface area contributed by atoms with Gasteiger partial charge in [0.2, 0.25) is 0 Å². The van der Waals surface area contributed by atoms with Gasteiger partial charge in [-0.1, -0.05) is 36.4 Å². The van der Waals surface area contributed by atoms with Crippen molar-refractivity contribution in [2.45, 2.75) is 31.8 Å². The Balaban J connectivity index is 1.58. The van der Waals surface area contributed by atoms with Crippen molar-refractivity contribution < 1.29 is 0 Å². The summed E-state index contributed by atoms with van der Waals surface area (Å²) >= 11 is 0.